The number of rotatable bonds is 4. The zero-order chi connectivity index (χ0) is 35.3. The molecule has 3 aromatic heterocycles. The van der Waals surface area contributed by atoms with Crippen molar-refractivity contribution in [1.82, 2.24) is 15.0 Å². The minimum absolute atomic E-state index is 0.137. The molecular formula is C48H31N3OS. The summed E-state index contributed by atoms with van der Waals surface area (Å²) in [6.07, 6.45) is 0. The van der Waals surface area contributed by atoms with Crippen molar-refractivity contribution in [3.63, 3.8) is 0 Å². The Labute approximate surface area is 310 Å². The molecule has 250 valence electrons. The molecule has 0 unspecified atom stereocenters. The van der Waals surface area contributed by atoms with Crippen molar-refractivity contribution in [3.8, 4) is 56.4 Å². The van der Waals surface area contributed by atoms with Crippen molar-refractivity contribution < 1.29 is 4.42 Å². The highest BCUT2D eigenvalue weighted by molar-refractivity contribution is 7.26. The van der Waals surface area contributed by atoms with Gasteiger partial charge in [-0.05, 0) is 46.0 Å². The summed E-state index contributed by atoms with van der Waals surface area (Å²) in [4.78, 5) is 15.8. The minimum Gasteiger partial charge on any atom is -0.455 e. The van der Waals surface area contributed by atoms with Gasteiger partial charge < -0.3 is 4.42 Å². The summed E-state index contributed by atoms with van der Waals surface area (Å²) >= 11 is 1.79. The van der Waals surface area contributed by atoms with Crippen LogP contribution in [-0.4, -0.2) is 15.0 Å². The van der Waals surface area contributed by atoms with Gasteiger partial charge in [0.1, 0.15) is 11.2 Å². The lowest BCUT2D eigenvalue weighted by Gasteiger charge is -2.21. The molecule has 0 radical (unpaired) electrons. The first-order valence-corrected chi connectivity index (χ1v) is 18.8. The second kappa shape index (κ2) is 11.3. The number of fused-ring (bicyclic) bond motifs is 9. The average Bonchev–Trinajstić information content (AvgIpc) is 3.86. The number of hydrogen-bond acceptors (Lipinski definition) is 5. The van der Waals surface area contributed by atoms with E-state index in [0.29, 0.717) is 17.5 Å². The lowest BCUT2D eigenvalue weighted by Crippen LogP contribution is -2.14. The molecule has 0 atom stereocenters. The van der Waals surface area contributed by atoms with Crippen molar-refractivity contribution in [2.24, 2.45) is 0 Å². The van der Waals surface area contributed by atoms with E-state index in [1.54, 1.807) is 11.3 Å². The highest BCUT2D eigenvalue weighted by Crippen LogP contribution is 2.52. The van der Waals surface area contributed by atoms with Crippen molar-refractivity contribution in [1.29, 1.82) is 0 Å². The summed E-state index contributed by atoms with van der Waals surface area (Å²) in [7, 11) is 0. The van der Waals surface area contributed by atoms with Crippen molar-refractivity contribution in [2.45, 2.75) is 19.3 Å². The van der Waals surface area contributed by atoms with Crippen molar-refractivity contribution >= 4 is 53.4 Å². The molecular weight excluding hydrogens is 667 g/mol. The number of hydrogen-bond donors (Lipinski definition) is 0. The van der Waals surface area contributed by atoms with Crippen LogP contribution in [-0.2, 0) is 5.41 Å². The van der Waals surface area contributed by atoms with Crippen LogP contribution in [0.5, 0.6) is 0 Å². The van der Waals surface area contributed by atoms with Gasteiger partial charge in [0.05, 0.1) is 0 Å². The van der Waals surface area contributed by atoms with Gasteiger partial charge in [-0.25, -0.2) is 15.0 Å². The van der Waals surface area contributed by atoms with Crippen molar-refractivity contribution in [2.75, 3.05) is 0 Å². The molecule has 11 rings (SSSR count). The van der Waals surface area contributed by atoms with Crippen LogP contribution in [0.3, 0.4) is 0 Å². The molecule has 0 saturated heterocycles. The van der Waals surface area contributed by atoms with E-state index in [4.69, 9.17) is 19.4 Å². The summed E-state index contributed by atoms with van der Waals surface area (Å²) in [5, 5.41) is 4.70. The molecule has 5 heteroatoms. The Balaban J connectivity index is 1.11. The number of para-hydroxylation sites is 2. The van der Waals surface area contributed by atoms with E-state index in [0.717, 1.165) is 49.8 Å². The second-order valence-corrected chi connectivity index (χ2v) is 15.4. The fourth-order valence-electron chi connectivity index (χ4n) is 8.38. The summed E-state index contributed by atoms with van der Waals surface area (Å²) in [5.74, 6) is 1.98. The SMILES string of the molecule is CC1(C)c2ccccc2-c2c(-c3nc(-c4ccc(-c5cccc6c5oc5ccccc56)cc4)nc(-c4cccc5c4sc4ccccc45)n3)cccc21. The average molecular weight is 698 g/mol. The highest BCUT2D eigenvalue weighted by atomic mass is 32.1. The van der Waals surface area contributed by atoms with Gasteiger partial charge in [-0.3, -0.25) is 0 Å². The highest BCUT2D eigenvalue weighted by Gasteiger charge is 2.37. The maximum Gasteiger partial charge on any atom is 0.165 e. The fourth-order valence-corrected chi connectivity index (χ4v) is 9.60. The number of nitrogens with zero attached hydrogens (tertiary/aromatic N) is 3. The minimum atomic E-state index is -0.137. The zero-order valence-electron chi connectivity index (χ0n) is 29.1. The van der Waals surface area contributed by atoms with Gasteiger partial charge in [-0.2, -0.15) is 0 Å². The number of furan rings is 1. The Kier molecular flexibility index (Phi) is 6.43. The molecule has 0 aliphatic heterocycles. The van der Waals surface area contributed by atoms with Crippen LogP contribution in [0.25, 0.3) is 98.5 Å². The van der Waals surface area contributed by atoms with Crippen LogP contribution >= 0.6 is 11.3 Å². The third-order valence-corrected chi connectivity index (χ3v) is 12.2. The van der Waals surface area contributed by atoms with E-state index in [2.05, 4.69) is 153 Å². The summed E-state index contributed by atoms with van der Waals surface area (Å²) in [5.41, 5.74) is 11.8. The molecule has 7 aromatic carbocycles. The van der Waals surface area contributed by atoms with Crippen LogP contribution in [0.15, 0.2) is 156 Å². The van der Waals surface area contributed by atoms with E-state index in [-0.39, 0.29) is 5.41 Å². The molecule has 0 fully saturated rings. The predicted octanol–water partition coefficient (Wildman–Crippen LogP) is 13.1. The second-order valence-electron chi connectivity index (χ2n) is 14.3. The maximum atomic E-state index is 6.38. The Hall–Kier alpha value is -6.43. The lowest BCUT2D eigenvalue weighted by atomic mass is 9.82. The molecule has 3 heterocycles. The van der Waals surface area contributed by atoms with Crippen molar-refractivity contribution in [3.05, 3.63) is 163 Å². The summed E-state index contributed by atoms with van der Waals surface area (Å²) < 4.78 is 8.81. The lowest BCUT2D eigenvalue weighted by molar-refractivity contribution is 0.660. The molecule has 0 amide bonds. The van der Waals surface area contributed by atoms with E-state index in [1.807, 2.05) is 12.1 Å². The first-order valence-electron chi connectivity index (χ1n) is 17.9. The van der Waals surface area contributed by atoms with E-state index in [9.17, 15) is 0 Å². The summed E-state index contributed by atoms with van der Waals surface area (Å²) in [6, 6.07) is 53.4. The number of benzene rings is 7. The third-order valence-electron chi connectivity index (χ3n) is 11.0. The van der Waals surface area contributed by atoms with Gasteiger partial charge in [0, 0.05) is 58.6 Å². The van der Waals surface area contributed by atoms with Crippen LogP contribution in [0.1, 0.15) is 25.0 Å². The van der Waals surface area contributed by atoms with Crippen LogP contribution in [0.4, 0.5) is 0 Å². The topological polar surface area (TPSA) is 51.8 Å². The molecule has 0 N–H and O–H groups in total. The Morgan fingerprint density at radius 1 is 0.453 bits per heavy atom. The Morgan fingerprint density at radius 2 is 1.04 bits per heavy atom. The Bertz CT molecular complexity index is 3100. The first-order chi connectivity index (χ1) is 26.0. The number of aromatic nitrogens is 3. The molecule has 10 aromatic rings. The maximum absolute atomic E-state index is 6.38. The van der Waals surface area contributed by atoms with E-state index < -0.39 is 0 Å². The molecule has 1 aliphatic carbocycles. The zero-order valence-corrected chi connectivity index (χ0v) is 29.9. The van der Waals surface area contributed by atoms with E-state index >= 15 is 0 Å². The molecule has 0 saturated carbocycles. The van der Waals surface area contributed by atoms with Gasteiger partial charge in [-0.1, -0.05) is 147 Å². The van der Waals surface area contributed by atoms with Crippen LogP contribution in [0, 0.1) is 0 Å². The van der Waals surface area contributed by atoms with Crippen LogP contribution in [0.2, 0.25) is 0 Å². The molecule has 0 spiro atoms. The van der Waals surface area contributed by atoms with E-state index in [1.165, 1.54) is 42.4 Å². The third kappa shape index (κ3) is 4.51. The van der Waals surface area contributed by atoms with Gasteiger partial charge in [0.15, 0.2) is 17.5 Å². The Morgan fingerprint density at radius 3 is 1.91 bits per heavy atom. The first kappa shape index (κ1) is 30.2. The smallest absolute Gasteiger partial charge is 0.165 e. The number of thiophene rings is 1. The van der Waals surface area contributed by atoms with Gasteiger partial charge >= 0.3 is 0 Å². The standard InChI is InChI=1S/C48H31N3OS/c1-48(2)38-20-6-3-14-35(38)42-36(18-11-21-39(42)48)46-49-45(50-47(51-46)37-19-10-17-34-32-13-5-8-23-41(32)53-44(34)37)29-26-24-28(25-27-29)30-15-9-16-33-31-12-4-7-22-40(31)52-43(30)33/h3-27H,1-2H3. The largest absolute Gasteiger partial charge is 0.455 e. The fraction of sp³-hybridized carbons (Fsp3) is 0.0625. The monoisotopic (exact) mass is 697 g/mol. The molecule has 0 bridgehead atoms. The van der Waals surface area contributed by atoms with Crippen LogP contribution < -0.4 is 0 Å². The van der Waals surface area contributed by atoms with Gasteiger partial charge in [-0.15, -0.1) is 11.3 Å². The molecule has 4 nitrogen and oxygen atoms in total. The van der Waals surface area contributed by atoms with Gasteiger partial charge in [0.2, 0.25) is 0 Å². The van der Waals surface area contributed by atoms with Gasteiger partial charge in [0.25, 0.3) is 0 Å². The quantitative estimate of drug-likeness (QED) is 0.184. The summed E-state index contributed by atoms with van der Waals surface area (Å²) in [6.45, 7) is 4.61. The molecule has 1 aliphatic rings. The predicted molar refractivity (Wildman–Crippen MR) is 219 cm³/mol. The normalized spacial score (nSPS) is 13.2. The molecule has 53 heavy (non-hydrogen) atoms.